The third kappa shape index (κ3) is 6.23. The zero-order valence-electron chi connectivity index (χ0n) is 17.7. The monoisotopic (exact) mass is 396 g/mol. The summed E-state index contributed by atoms with van der Waals surface area (Å²) in [7, 11) is 1.64. The SMILES string of the molecule is COc1ccc(OC[C@H](C)NC(=O)C2CCN(Cc3ccccc3C)CC2)cc1. The van der Waals surface area contributed by atoms with E-state index in [2.05, 4.69) is 41.4 Å². The average molecular weight is 397 g/mol. The molecule has 1 aliphatic rings. The molecule has 2 aromatic rings. The van der Waals surface area contributed by atoms with Crippen molar-refractivity contribution in [3.63, 3.8) is 0 Å². The van der Waals surface area contributed by atoms with Gasteiger partial charge in [-0.3, -0.25) is 9.69 Å². The van der Waals surface area contributed by atoms with E-state index in [1.54, 1.807) is 7.11 Å². The Hall–Kier alpha value is -2.53. The molecule has 29 heavy (non-hydrogen) atoms. The summed E-state index contributed by atoms with van der Waals surface area (Å²) in [6, 6.07) is 16.0. The molecule has 1 saturated heterocycles. The van der Waals surface area contributed by atoms with Crippen LogP contribution in [-0.2, 0) is 11.3 Å². The molecule has 0 saturated carbocycles. The number of ether oxygens (including phenoxy) is 2. The van der Waals surface area contributed by atoms with Gasteiger partial charge in [0.15, 0.2) is 0 Å². The number of hydrogen-bond donors (Lipinski definition) is 1. The van der Waals surface area contributed by atoms with Gasteiger partial charge in [0.2, 0.25) is 5.91 Å². The fraction of sp³-hybridized carbons (Fsp3) is 0.458. The Morgan fingerprint density at radius 1 is 1.10 bits per heavy atom. The maximum Gasteiger partial charge on any atom is 0.223 e. The number of benzene rings is 2. The van der Waals surface area contributed by atoms with Crippen LogP contribution >= 0.6 is 0 Å². The maximum atomic E-state index is 12.6. The predicted octanol–water partition coefficient (Wildman–Crippen LogP) is 3.80. The molecule has 1 N–H and O–H groups in total. The minimum atomic E-state index is -0.0328. The van der Waals surface area contributed by atoms with E-state index in [1.165, 1.54) is 11.1 Å². The highest BCUT2D eigenvalue weighted by atomic mass is 16.5. The van der Waals surface area contributed by atoms with Crippen molar-refractivity contribution in [3.8, 4) is 11.5 Å². The normalized spacial score (nSPS) is 16.2. The molecule has 0 radical (unpaired) electrons. The molecule has 1 heterocycles. The summed E-state index contributed by atoms with van der Waals surface area (Å²) >= 11 is 0. The smallest absolute Gasteiger partial charge is 0.223 e. The Kier molecular flexibility index (Phi) is 7.53. The number of carbonyl (C=O) groups excluding carboxylic acids is 1. The van der Waals surface area contributed by atoms with Crippen LogP contribution in [0.25, 0.3) is 0 Å². The van der Waals surface area contributed by atoms with E-state index < -0.39 is 0 Å². The number of rotatable bonds is 8. The summed E-state index contributed by atoms with van der Waals surface area (Å²) in [5.74, 6) is 1.81. The number of nitrogens with one attached hydrogen (secondary N) is 1. The van der Waals surface area contributed by atoms with Crippen LogP contribution in [0.15, 0.2) is 48.5 Å². The van der Waals surface area contributed by atoms with E-state index in [0.29, 0.717) is 6.61 Å². The van der Waals surface area contributed by atoms with Gasteiger partial charge in [-0.15, -0.1) is 0 Å². The van der Waals surface area contributed by atoms with Gasteiger partial charge in [0.1, 0.15) is 18.1 Å². The molecule has 1 fully saturated rings. The van der Waals surface area contributed by atoms with Gasteiger partial charge in [-0.05, 0) is 75.2 Å². The number of methoxy groups -OCH3 is 1. The highest BCUT2D eigenvalue weighted by Crippen LogP contribution is 2.21. The van der Waals surface area contributed by atoms with Gasteiger partial charge in [0.05, 0.1) is 13.2 Å². The lowest BCUT2D eigenvalue weighted by Gasteiger charge is -2.32. The first-order chi connectivity index (χ1) is 14.0. The molecular weight excluding hydrogens is 364 g/mol. The van der Waals surface area contributed by atoms with Crippen molar-refractivity contribution >= 4 is 5.91 Å². The highest BCUT2D eigenvalue weighted by Gasteiger charge is 2.26. The Bertz CT molecular complexity index is 783. The zero-order chi connectivity index (χ0) is 20.6. The summed E-state index contributed by atoms with van der Waals surface area (Å²) in [5.41, 5.74) is 2.71. The summed E-state index contributed by atoms with van der Waals surface area (Å²) in [5, 5.41) is 3.11. The van der Waals surface area contributed by atoms with Crippen LogP contribution in [0, 0.1) is 12.8 Å². The van der Waals surface area contributed by atoms with Gasteiger partial charge in [-0.2, -0.15) is 0 Å². The van der Waals surface area contributed by atoms with Gasteiger partial charge >= 0.3 is 0 Å². The lowest BCUT2D eigenvalue weighted by molar-refractivity contribution is -0.127. The molecule has 5 heteroatoms. The van der Waals surface area contributed by atoms with Crippen molar-refractivity contribution in [1.82, 2.24) is 10.2 Å². The molecule has 1 atom stereocenters. The molecule has 0 spiro atoms. The summed E-state index contributed by atoms with van der Waals surface area (Å²) in [6.45, 7) is 7.48. The molecular formula is C24H32N2O3. The minimum Gasteiger partial charge on any atom is -0.497 e. The van der Waals surface area contributed by atoms with Crippen LogP contribution in [0.1, 0.15) is 30.9 Å². The van der Waals surface area contributed by atoms with E-state index in [1.807, 2.05) is 31.2 Å². The largest absolute Gasteiger partial charge is 0.497 e. The number of carbonyl (C=O) groups is 1. The van der Waals surface area contributed by atoms with Crippen molar-refractivity contribution < 1.29 is 14.3 Å². The van der Waals surface area contributed by atoms with E-state index in [-0.39, 0.29) is 17.9 Å². The van der Waals surface area contributed by atoms with Crippen molar-refractivity contribution in [2.75, 3.05) is 26.8 Å². The Labute approximate surface area is 174 Å². The van der Waals surface area contributed by atoms with E-state index in [9.17, 15) is 4.79 Å². The van der Waals surface area contributed by atoms with Gasteiger partial charge < -0.3 is 14.8 Å². The van der Waals surface area contributed by atoms with Gasteiger partial charge in [0.25, 0.3) is 0 Å². The third-order valence-electron chi connectivity index (χ3n) is 5.56. The number of amides is 1. The Morgan fingerprint density at radius 3 is 2.41 bits per heavy atom. The molecule has 2 aromatic carbocycles. The van der Waals surface area contributed by atoms with Crippen molar-refractivity contribution in [2.24, 2.45) is 5.92 Å². The number of aryl methyl sites for hydroxylation is 1. The van der Waals surface area contributed by atoms with Crippen LogP contribution in [0.5, 0.6) is 11.5 Å². The third-order valence-corrected chi connectivity index (χ3v) is 5.56. The zero-order valence-corrected chi connectivity index (χ0v) is 17.7. The Balaban J connectivity index is 1.39. The molecule has 1 amide bonds. The second-order valence-corrected chi connectivity index (χ2v) is 7.87. The standard InChI is InChI=1S/C24H32N2O3/c1-18-6-4-5-7-21(18)16-26-14-12-20(13-15-26)24(27)25-19(2)17-29-23-10-8-22(28-3)9-11-23/h4-11,19-20H,12-17H2,1-3H3,(H,25,27)/t19-/m0/s1. The average Bonchev–Trinajstić information content (AvgIpc) is 2.75. The van der Waals surface area contributed by atoms with E-state index >= 15 is 0 Å². The topological polar surface area (TPSA) is 50.8 Å². The van der Waals surface area contributed by atoms with Crippen molar-refractivity contribution in [1.29, 1.82) is 0 Å². The molecule has 0 bridgehead atoms. The summed E-state index contributed by atoms with van der Waals surface area (Å²) in [6.07, 6.45) is 1.81. The number of likely N-dealkylation sites (tertiary alicyclic amines) is 1. The predicted molar refractivity (Wildman–Crippen MR) is 115 cm³/mol. The Morgan fingerprint density at radius 2 is 1.76 bits per heavy atom. The quantitative estimate of drug-likeness (QED) is 0.737. The van der Waals surface area contributed by atoms with Crippen LogP contribution in [-0.4, -0.2) is 43.7 Å². The molecule has 0 aliphatic carbocycles. The summed E-state index contributed by atoms with van der Waals surface area (Å²) in [4.78, 5) is 15.1. The first kappa shape index (κ1) is 21.2. The number of nitrogens with zero attached hydrogens (tertiary/aromatic N) is 1. The van der Waals surface area contributed by atoms with Gasteiger partial charge in [-0.25, -0.2) is 0 Å². The van der Waals surface area contributed by atoms with Crippen molar-refractivity contribution in [2.45, 2.75) is 39.3 Å². The minimum absolute atomic E-state index is 0.0328. The fourth-order valence-corrected chi connectivity index (χ4v) is 3.68. The molecule has 1 aliphatic heterocycles. The second kappa shape index (κ2) is 10.3. The van der Waals surface area contributed by atoms with Crippen LogP contribution < -0.4 is 14.8 Å². The molecule has 156 valence electrons. The molecule has 5 nitrogen and oxygen atoms in total. The van der Waals surface area contributed by atoms with Crippen LogP contribution in [0.4, 0.5) is 0 Å². The molecule has 0 aromatic heterocycles. The molecule has 3 rings (SSSR count). The van der Waals surface area contributed by atoms with E-state index in [0.717, 1.165) is 44.0 Å². The lowest BCUT2D eigenvalue weighted by atomic mass is 9.95. The molecule has 0 unspecified atom stereocenters. The highest BCUT2D eigenvalue weighted by molar-refractivity contribution is 5.79. The van der Waals surface area contributed by atoms with Crippen molar-refractivity contribution in [3.05, 3.63) is 59.7 Å². The number of hydrogen-bond acceptors (Lipinski definition) is 4. The van der Waals surface area contributed by atoms with Gasteiger partial charge in [-0.1, -0.05) is 24.3 Å². The van der Waals surface area contributed by atoms with E-state index in [4.69, 9.17) is 9.47 Å². The summed E-state index contributed by atoms with van der Waals surface area (Å²) < 4.78 is 10.9. The maximum absolute atomic E-state index is 12.6. The fourth-order valence-electron chi connectivity index (χ4n) is 3.68. The number of piperidine rings is 1. The van der Waals surface area contributed by atoms with Crippen LogP contribution in [0.2, 0.25) is 0 Å². The lowest BCUT2D eigenvalue weighted by Crippen LogP contribution is -2.44. The first-order valence-electron chi connectivity index (χ1n) is 10.4. The second-order valence-electron chi connectivity index (χ2n) is 7.87. The van der Waals surface area contributed by atoms with Crippen LogP contribution in [0.3, 0.4) is 0 Å². The first-order valence-corrected chi connectivity index (χ1v) is 10.4. The van der Waals surface area contributed by atoms with Gasteiger partial charge in [0, 0.05) is 12.5 Å².